The van der Waals surface area contributed by atoms with Crippen LogP contribution < -0.4 is 4.74 Å². The second-order valence-corrected chi connectivity index (χ2v) is 6.95. The number of halogens is 3. The molecular weight excluding hydrogens is 379 g/mol. The minimum Gasteiger partial charge on any atom is -0.491 e. The molecule has 0 aliphatic rings. The van der Waals surface area contributed by atoms with Crippen LogP contribution in [-0.4, -0.2) is 21.1 Å². The van der Waals surface area contributed by atoms with Crippen molar-refractivity contribution in [3.05, 3.63) is 66.4 Å². The number of rotatable bonds is 4. The Labute approximate surface area is 165 Å². The predicted octanol–water partition coefficient (Wildman–Crippen LogP) is 6.10. The number of nitrogens with one attached hydrogen (secondary N) is 1. The zero-order valence-electron chi connectivity index (χ0n) is 15.8. The molecule has 0 aliphatic heterocycles. The van der Waals surface area contributed by atoms with Gasteiger partial charge in [-0.25, -0.2) is 9.97 Å². The molecule has 2 aromatic carbocycles. The smallest absolute Gasteiger partial charge is 0.416 e. The van der Waals surface area contributed by atoms with Gasteiger partial charge in [0.05, 0.1) is 17.2 Å². The fourth-order valence-electron chi connectivity index (χ4n) is 3.06. The Hall–Kier alpha value is -3.35. The molecule has 0 saturated carbocycles. The van der Waals surface area contributed by atoms with Crippen molar-refractivity contribution in [2.45, 2.75) is 26.1 Å². The highest BCUT2D eigenvalue weighted by Gasteiger charge is 2.30. The summed E-state index contributed by atoms with van der Waals surface area (Å²) >= 11 is 0. The molecule has 4 aromatic rings. The van der Waals surface area contributed by atoms with Crippen LogP contribution in [0.3, 0.4) is 0 Å². The average molecular weight is 397 g/mol. The molecule has 0 radical (unpaired) electrons. The number of aromatic nitrogens is 3. The third kappa shape index (κ3) is 4.08. The molecule has 2 aromatic heterocycles. The molecule has 29 heavy (non-hydrogen) atoms. The first kappa shape index (κ1) is 19.0. The maximum atomic E-state index is 13.0. The van der Waals surface area contributed by atoms with Gasteiger partial charge in [0.2, 0.25) is 0 Å². The Morgan fingerprint density at radius 2 is 1.69 bits per heavy atom. The summed E-state index contributed by atoms with van der Waals surface area (Å²) in [5, 5.41) is 0. The van der Waals surface area contributed by atoms with Gasteiger partial charge in [0.1, 0.15) is 11.6 Å². The lowest BCUT2D eigenvalue weighted by Gasteiger charge is -2.10. The van der Waals surface area contributed by atoms with E-state index < -0.39 is 11.7 Å². The maximum absolute atomic E-state index is 13.0. The second kappa shape index (κ2) is 7.24. The van der Waals surface area contributed by atoms with Crippen molar-refractivity contribution in [1.82, 2.24) is 15.0 Å². The minimum atomic E-state index is -4.39. The number of imidazole rings is 1. The van der Waals surface area contributed by atoms with Crippen molar-refractivity contribution in [2.75, 3.05) is 0 Å². The van der Waals surface area contributed by atoms with Gasteiger partial charge in [-0.05, 0) is 49.7 Å². The highest BCUT2D eigenvalue weighted by atomic mass is 19.4. The van der Waals surface area contributed by atoms with Crippen molar-refractivity contribution in [3.63, 3.8) is 0 Å². The summed E-state index contributed by atoms with van der Waals surface area (Å²) in [5.74, 6) is 1.35. The zero-order chi connectivity index (χ0) is 20.6. The number of pyridine rings is 1. The van der Waals surface area contributed by atoms with Crippen molar-refractivity contribution >= 4 is 11.2 Å². The van der Waals surface area contributed by atoms with E-state index in [0.29, 0.717) is 28.1 Å². The molecule has 4 rings (SSSR count). The highest BCUT2D eigenvalue weighted by molar-refractivity contribution is 5.81. The third-order valence-corrected chi connectivity index (χ3v) is 4.34. The molecule has 0 atom stereocenters. The van der Waals surface area contributed by atoms with Gasteiger partial charge in [0.15, 0.2) is 5.65 Å². The van der Waals surface area contributed by atoms with Crippen molar-refractivity contribution in [1.29, 1.82) is 0 Å². The molecule has 148 valence electrons. The number of H-pyrrole nitrogens is 1. The van der Waals surface area contributed by atoms with Crippen molar-refractivity contribution in [3.8, 4) is 28.3 Å². The number of nitrogens with zero attached hydrogens (tertiary/aromatic N) is 2. The van der Waals surface area contributed by atoms with Gasteiger partial charge in [-0.3, -0.25) is 0 Å². The number of ether oxygens (including phenoxy) is 1. The van der Waals surface area contributed by atoms with Crippen LogP contribution in [0.25, 0.3) is 33.7 Å². The lowest BCUT2D eigenvalue weighted by Crippen LogP contribution is -2.05. The SMILES string of the molecule is CC(C)Oc1cccc(-c2nc3ncc(-c4cccc(C(F)(F)F)c4)cc3[nH]2)c1. The first-order chi connectivity index (χ1) is 13.8. The number of alkyl halides is 3. The van der Waals surface area contributed by atoms with Crippen LogP contribution in [0.5, 0.6) is 5.75 Å². The molecule has 0 saturated heterocycles. The number of hydrogen-bond acceptors (Lipinski definition) is 3. The molecule has 0 aliphatic carbocycles. The van der Waals surface area contributed by atoms with E-state index in [1.165, 1.54) is 12.3 Å². The van der Waals surface area contributed by atoms with Crippen molar-refractivity contribution in [2.24, 2.45) is 0 Å². The average Bonchev–Trinajstić information content (AvgIpc) is 3.10. The molecule has 4 nitrogen and oxygen atoms in total. The second-order valence-electron chi connectivity index (χ2n) is 6.95. The van der Waals surface area contributed by atoms with Crippen molar-refractivity contribution < 1.29 is 17.9 Å². The highest BCUT2D eigenvalue weighted by Crippen LogP contribution is 2.33. The lowest BCUT2D eigenvalue weighted by molar-refractivity contribution is -0.137. The largest absolute Gasteiger partial charge is 0.491 e. The lowest BCUT2D eigenvalue weighted by atomic mass is 10.0. The Morgan fingerprint density at radius 3 is 2.45 bits per heavy atom. The topological polar surface area (TPSA) is 50.8 Å². The van der Waals surface area contributed by atoms with Gasteiger partial charge >= 0.3 is 6.18 Å². The minimum absolute atomic E-state index is 0.0533. The number of aromatic amines is 1. The molecule has 0 amide bonds. The molecular formula is C22H18F3N3O. The van der Waals surface area contributed by atoms with Gasteiger partial charge in [-0.2, -0.15) is 13.2 Å². The first-order valence-corrected chi connectivity index (χ1v) is 9.10. The van der Waals surface area contributed by atoms with E-state index in [4.69, 9.17) is 4.74 Å². The third-order valence-electron chi connectivity index (χ3n) is 4.34. The molecule has 0 bridgehead atoms. The summed E-state index contributed by atoms with van der Waals surface area (Å²) < 4.78 is 44.7. The molecule has 0 spiro atoms. The van der Waals surface area contributed by atoms with E-state index in [0.717, 1.165) is 23.4 Å². The quantitative estimate of drug-likeness (QED) is 0.453. The Morgan fingerprint density at radius 1 is 0.931 bits per heavy atom. The van der Waals surface area contributed by atoms with E-state index >= 15 is 0 Å². The van der Waals surface area contributed by atoms with Gasteiger partial charge in [0, 0.05) is 17.3 Å². The summed E-state index contributed by atoms with van der Waals surface area (Å²) in [5.41, 5.74) is 2.30. The van der Waals surface area contributed by atoms with Gasteiger partial charge in [-0.1, -0.05) is 24.3 Å². The zero-order valence-corrected chi connectivity index (χ0v) is 15.8. The summed E-state index contributed by atoms with van der Waals surface area (Å²) in [6.45, 7) is 3.90. The van der Waals surface area contributed by atoms with Crippen LogP contribution in [0, 0.1) is 0 Å². The predicted molar refractivity (Wildman–Crippen MR) is 106 cm³/mol. The number of hydrogen-bond donors (Lipinski definition) is 1. The fourth-order valence-corrected chi connectivity index (χ4v) is 3.06. The van der Waals surface area contributed by atoms with Gasteiger partial charge in [0.25, 0.3) is 0 Å². The van der Waals surface area contributed by atoms with Crippen LogP contribution in [-0.2, 0) is 6.18 Å². The molecule has 0 unspecified atom stereocenters. The van der Waals surface area contributed by atoms with E-state index in [1.807, 2.05) is 38.1 Å². The van der Waals surface area contributed by atoms with Crippen LogP contribution in [0.1, 0.15) is 19.4 Å². The Balaban J connectivity index is 1.70. The van der Waals surface area contributed by atoms with Crippen LogP contribution in [0.4, 0.5) is 13.2 Å². The Bertz CT molecular complexity index is 1170. The summed E-state index contributed by atoms with van der Waals surface area (Å²) in [6, 6.07) is 14.5. The molecule has 7 heteroatoms. The van der Waals surface area contributed by atoms with E-state index in [-0.39, 0.29) is 6.10 Å². The van der Waals surface area contributed by atoms with Gasteiger partial charge < -0.3 is 9.72 Å². The van der Waals surface area contributed by atoms with Crippen LogP contribution >= 0.6 is 0 Å². The molecule has 2 heterocycles. The van der Waals surface area contributed by atoms with E-state index in [1.54, 1.807) is 12.1 Å². The Kier molecular flexibility index (Phi) is 4.74. The number of benzene rings is 2. The first-order valence-electron chi connectivity index (χ1n) is 9.10. The fraction of sp³-hybridized carbons (Fsp3) is 0.182. The molecule has 0 fully saturated rings. The monoisotopic (exact) mass is 397 g/mol. The van der Waals surface area contributed by atoms with Crippen LogP contribution in [0.15, 0.2) is 60.8 Å². The van der Waals surface area contributed by atoms with Crippen LogP contribution in [0.2, 0.25) is 0 Å². The summed E-state index contributed by atoms with van der Waals surface area (Å²) in [7, 11) is 0. The normalized spacial score (nSPS) is 11.9. The standard InChI is InChI=1S/C22H18F3N3O/c1-13(2)29-18-8-4-6-15(10-18)20-27-19-11-16(12-26-21(19)28-20)14-5-3-7-17(9-14)22(23,24)25/h3-13H,1-2H3,(H,26,27,28). The van der Waals surface area contributed by atoms with E-state index in [2.05, 4.69) is 15.0 Å². The molecule has 1 N–H and O–H groups in total. The van der Waals surface area contributed by atoms with Gasteiger partial charge in [-0.15, -0.1) is 0 Å². The maximum Gasteiger partial charge on any atom is 0.416 e. The summed E-state index contributed by atoms with van der Waals surface area (Å²) in [4.78, 5) is 12.0. The van der Waals surface area contributed by atoms with E-state index in [9.17, 15) is 13.2 Å². The summed E-state index contributed by atoms with van der Waals surface area (Å²) in [6.07, 6.45) is -2.81. The number of fused-ring (bicyclic) bond motifs is 1.